The number of thioether (sulfide) groups is 1. The number of nitrogens with zero attached hydrogens (tertiary/aromatic N) is 1. The molecule has 1 atom stereocenters. The summed E-state index contributed by atoms with van der Waals surface area (Å²) in [6, 6.07) is 17.3. The minimum absolute atomic E-state index is 0.366. The highest BCUT2D eigenvalue weighted by atomic mass is 32.2. The number of rotatable bonds is 6. The molecule has 150 valence electrons. The number of nitrogens with one attached hydrogen (secondary N) is 2. The Hall–Kier alpha value is -3.06. The Morgan fingerprint density at radius 3 is 2.59 bits per heavy atom. The third kappa shape index (κ3) is 5.06. The zero-order valence-corrected chi connectivity index (χ0v) is 17.4. The van der Waals surface area contributed by atoms with Crippen LogP contribution in [0.25, 0.3) is 22.0 Å². The van der Waals surface area contributed by atoms with E-state index in [1.165, 1.54) is 11.8 Å². The largest absolute Gasteiger partial charge is 0.497 e. The fourth-order valence-corrected chi connectivity index (χ4v) is 3.75. The lowest BCUT2D eigenvalue weighted by atomic mass is 10.0. The molecule has 0 saturated carbocycles. The Bertz CT molecular complexity index is 1020. The van der Waals surface area contributed by atoms with Gasteiger partial charge >= 0.3 is 6.03 Å². The number of imide groups is 1. The van der Waals surface area contributed by atoms with Crippen molar-refractivity contribution in [1.82, 2.24) is 15.6 Å². The summed E-state index contributed by atoms with van der Waals surface area (Å²) >= 11 is 1.30. The smallest absolute Gasteiger partial charge is 0.321 e. The third-order valence-corrected chi connectivity index (χ3v) is 5.34. The lowest BCUT2D eigenvalue weighted by molar-refractivity contribution is -0.119. The van der Waals surface area contributed by atoms with E-state index in [1.54, 1.807) is 21.0 Å². The molecule has 2 N–H and O–H groups in total. The molecule has 0 aliphatic rings. The number of hydrogen-bond acceptors (Lipinski definition) is 5. The first-order chi connectivity index (χ1) is 14.0. The molecule has 3 amide bonds. The van der Waals surface area contributed by atoms with Crippen LogP contribution >= 0.6 is 11.8 Å². The first-order valence-electron chi connectivity index (χ1n) is 9.31. The van der Waals surface area contributed by atoms with E-state index in [4.69, 9.17) is 9.72 Å². The summed E-state index contributed by atoms with van der Waals surface area (Å²) in [5.41, 5.74) is 2.87. The first-order valence-corrected chi connectivity index (χ1v) is 10.2. The van der Waals surface area contributed by atoms with E-state index in [2.05, 4.69) is 10.6 Å². The van der Waals surface area contributed by atoms with Crippen molar-refractivity contribution in [2.24, 2.45) is 0 Å². The van der Waals surface area contributed by atoms with Crippen LogP contribution in [-0.2, 0) is 4.79 Å². The standard InChI is InChI=1S/C22H23N3O3S/c1-4-23-22(27)25-21(26)14(2)29-20-13-18(15-8-6-5-7-9-15)17-11-10-16(28-3)12-19(17)24-20/h5-14H,4H2,1-3H3,(H2,23,25,26,27)/t14-/m0/s1. The van der Waals surface area contributed by atoms with Gasteiger partial charge in [0.2, 0.25) is 5.91 Å². The number of hydrogen-bond donors (Lipinski definition) is 2. The first kappa shape index (κ1) is 20.7. The van der Waals surface area contributed by atoms with Gasteiger partial charge < -0.3 is 10.1 Å². The fraction of sp³-hybridized carbons (Fsp3) is 0.227. The van der Waals surface area contributed by atoms with E-state index >= 15 is 0 Å². The fourth-order valence-electron chi connectivity index (χ4n) is 2.88. The van der Waals surface area contributed by atoms with Gasteiger partial charge in [-0.25, -0.2) is 9.78 Å². The van der Waals surface area contributed by atoms with Gasteiger partial charge in [-0.1, -0.05) is 42.1 Å². The average Bonchev–Trinajstić information content (AvgIpc) is 2.73. The van der Waals surface area contributed by atoms with Crippen LogP contribution < -0.4 is 15.4 Å². The maximum absolute atomic E-state index is 12.3. The van der Waals surface area contributed by atoms with E-state index in [1.807, 2.05) is 54.6 Å². The van der Waals surface area contributed by atoms with Crippen LogP contribution in [0.15, 0.2) is 59.6 Å². The minimum Gasteiger partial charge on any atom is -0.497 e. The molecule has 0 unspecified atom stereocenters. The molecule has 0 aliphatic carbocycles. The van der Waals surface area contributed by atoms with Gasteiger partial charge in [-0.3, -0.25) is 10.1 Å². The molecule has 3 rings (SSSR count). The lowest BCUT2D eigenvalue weighted by Crippen LogP contribution is -2.42. The van der Waals surface area contributed by atoms with Crippen molar-refractivity contribution in [2.75, 3.05) is 13.7 Å². The number of benzene rings is 2. The van der Waals surface area contributed by atoms with E-state index in [-0.39, 0.29) is 5.91 Å². The van der Waals surface area contributed by atoms with E-state index in [0.717, 1.165) is 22.0 Å². The minimum atomic E-state index is -0.494. The van der Waals surface area contributed by atoms with Crippen molar-refractivity contribution >= 4 is 34.6 Å². The van der Waals surface area contributed by atoms with Crippen LogP contribution in [0.5, 0.6) is 5.75 Å². The number of fused-ring (bicyclic) bond motifs is 1. The Kier molecular flexibility index (Phi) is 6.72. The molecule has 2 aromatic carbocycles. The predicted molar refractivity (Wildman–Crippen MR) is 116 cm³/mol. The number of amides is 3. The molecule has 7 heteroatoms. The molecule has 1 heterocycles. The summed E-state index contributed by atoms with van der Waals surface area (Å²) in [6.45, 7) is 3.99. The Labute approximate surface area is 174 Å². The van der Waals surface area contributed by atoms with Crippen molar-refractivity contribution < 1.29 is 14.3 Å². The highest BCUT2D eigenvalue weighted by Gasteiger charge is 2.19. The summed E-state index contributed by atoms with van der Waals surface area (Å²) in [6.07, 6.45) is 0. The molecule has 3 aromatic rings. The van der Waals surface area contributed by atoms with Gasteiger partial charge in [0.15, 0.2) is 0 Å². The van der Waals surface area contributed by atoms with Gasteiger partial charge in [0.05, 0.1) is 22.9 Å². The third-order valence-electron chi connectivity index (χ3n) is 4.32. The van der Waals surface area contributed by atoms with E-state index in [0.29, 0.717) is 17.3 Å². The molecule has 0 spiro atoms. The Balaban J connectivity index is 1.95. The molecule has 0 bridgehead atoms. The van der Waals surface area contributed by atoms with E-state index in [9.17, 15) is 9.59 Å². The van der Waals surface area contributed by atoms with Crippen molar-refractivity contribution in [1.29, 1.82) is 0 Å². The molecule has 0 saturated heterocycles. The van der Waals surface area contributed by atoms with Gasteiger partial charge in [-0.15, -0.1) is 0 Å². The topological polar surface area (TPSA) is 80.3 Å². The summed E-state index contributed by atoms with van der Waals surface area (Å²) in [4.78, 5) is 28.6. The Morgan fingerprint density at radius 2 is 1.90 bits per heavy atom. The monoisotopic (exact) mass is 409 g/mol. The van der Waals surface area contributed by atoms with E-state index < -0.39 is 11.3 Å². The van der Waals surface area contributed by atoms with Gasteiger partial charge in [0, 0.05) is 18.0 Å². The van der Waals surface area contributed by atoms with Crippen molar-refractivity contribution in [3.05, 3.63) is 54.6 Å². The SMILES string of the molecule is CCNC(=O)NC(=O)[C@H](C)Sc1cc(-c2ccccc2)c2ccc(OC)cc2n1. The summed E-state index contributed by atoms with van der Waals surface area (Å²) in [5, 5.41) is 6.11. The van der Waals surface area contributed by atoms with Gasteiger partial charge in [-0.05, 0) is 43.2 Å². The zero-order chi connectivity index (χ0) is 20.8. The van der Waals surface area contributed by atoms with Crippen LogP contribution in [0.2, 0.25) is 0 Å². The van der Waals surface area contributed by atoms with Crippen LogP contribution in [0, 0.1) is 0 Å². The van der Waals surface area contributed by atoms with Gasteiger partial charge in [0.1, 0.15) is 5.75 Å². The van der Waals surface area contributed by atoms with Gasteiger partial charge in [0.25, 0.3) is 0 Å². The number of urea groups is 1. The van der Waals surface area contributed by atoms with Crippen LogP contribution in [-0.4, -0.2) is 35.8 Å². The quantitative estimate of drug-likeness (QED) is 0.596. The van der Waals surface area contributed by atoms with Crippen molar-refractivity contribution in [3.8, 4) is 16.9 Å². The number of pyridine rings is 1. The highest BCUT2D eigenvalue weighted by Crippen LogP contribution is 2.34. The second-order valence-electron chi connectivity index (χ2n) is 6.37. The van der Waals surface area contributed by atoms with Crippen molar-refractivity contribution in [3.63, 3.8) is 0 Å². The molecule has 0 aliphatic heterocycles. The normalized spacial score (nSPS) is 11.7. The molecule has 0 fully saturated rings. The molecule has 1 aromatic heterocycles. The number of methoxy groups -OCH3 is 1. The highest BCUT2D eigenvalue weighted by molar-refractivity contribution is 8.00. The maximum Gasteiger partial charge on any atom is 0.321 e. The molecule has 0 radical (unpaired) electrons. The average molecular weight is 410 g/mol. The zero-order valence-electron chi connectivity index (χ0n) is 16.6. The molecular weight excluding hydrogens is 386 g/mol. The van der Waals surface area contributed by atoms with Crippen molar-refractivity contribution in [2.45, 2.75) is 24.1 Å². The van der Waals surface area contributed by atoms with Gasteiger partial charge in [-0.2, -0.15) is 0 Å². The summed E-state index contributed by atoms with van der Waals surface area (Å²) in [7, 11) is 1.62. The molecule has 6 nitrogen and oxygen atoms in total. The summed E-state index contributed by atoms with van der Waals surface area (Å²) < 4.78 is 5.34. The van der Waals surface area contributed by atoms with Crippen LogP contribution in [0.4, 0.5) is 4.79 Å². The van der Waals surface area contributed by atoms with Crippen LogP contribution in [0.1, 0.15) is 13.8 Å². The molecule has 29 heavy (non-hydrogen) atoms. The second kappa shape index (κ2) is 9.43. The Morgan fingerprint density at radius 1 is 1.14 bits per heavy atom. The van der Waals surface area contributed by atoms with Crippen LogP contribution in [0.3, 0.4) is 0 Å². The maximum atomic E-state index is 12.3. The molecular formula is C22H23N3O3S. The summed E-state index contributed by atoms with van der Waals surface area (Å²) in [5.74, 6) is 0.350. The second-order valence-corrected chi connectivity index (χ2v) is 7.73. The number of carbonyl (C=O) groups is 2. The number of ether oxygens (including phenoxy) is 1. The number of aromatic nitrogens is 1. The number of carbonyl (C=O) groups excluding carboxylic acids is 2. The predicted octanol–water partition coefficient (Wildman–Crippen LogP) is 4.24. The lowest BCUT2D eigenvalue weighted by Gasteiger charge is -2.14.